The van der Waals surface area contributed by atoms with E-state index in [1.807, 2.05) is 6.92 Å². The molecule has 1 unspecified atom stereocenters. The van der Waals surface area contributed by atoms with Crippen LogP contribution in [0.3, 0.4) is 0 Å². The molecule has 0 bridgehead atoms. The molecule has 1 heterocycles. The summed E-state index contributed by atoms with van der Waals surface area (Å²) >= 11 is 0. The number of nitrogens with zero attached hydrogens (tertiary/aromatic N) is 2. The molecular formula is C10H15FN2. The average Bonchev–Trinajstić information content (AvgIpc) is 2.01. The molecule has 1 rings (SSSR count). The molecule has 0 saturated heterocycles. The highest BCUT2D eigenvalue weighted by atomic mass is 19.1. The molecule has 1 aromatic heterocycles. The maximum atomic E-state index is 12.8. The van der Waals surface area contributed by atoms with Crippen LogP contribution in [0.2, 0.25) is 0 Å². The van der Waals surface area contributed by atoms with E-state index in [9.17, 15) is 4.39 Å². The summed E-state index contributed by atoms with van der Waals surface area (Å²) in [6, 6.07) is 1.45. The third-order valence-corrected chi connectivity index (χ3v) is 2.38. The van der Waals surface area contributed by atoms with Crippen LogP contribution in [0.1, 0.15) is 39.3 Å². The Balaban J connectivity index is 2.96. The van der Waals surface area contributed by atoms with Crippen molar-refractivity contribution in [3.8, 4) is 0 Å². The molecule has 0 radical (unpaired) electrons. The standard InChI is InChI=1S/C10H15FN2/c1-7(10(2,3)4)9-5-8(11)6-12-13-9/h5-7H,1-4H3. The molecule has 3 heteroatoms. The van der Waals surface area contributed by atoms with Crippen LogP contribution >= 0.6 is 0 Å². The van der Waals surface area contributed by atoms with Gasteiger partial charge in [0.2, 0.25) is 0 Å². The van der Waals surface area contributed by atoms with E-state index in [-0.39, 0.29) is 17.2 Å². The highest BCUT2D eigenvalue weighted by molar-refractivity contribution is 5.09. The van der Waals surface area contributed by atoms with Gasteiger partial charge in [-0.05, 0) is 11.5 Å². The van der Waals surface area contributed by atoms with Gasteiger partial charge in [0.1, 0.15) is 5.82 Å². The fourth-order valence-electron chi connectivity index (χ4n) is 1.01. The molecule has 0 spiro atoms. The third-order valence-electron chi connectivity index (χ3n) is 2.38. The molecule has 0 fully saturated rings. The highest BCUT2D eigenvalue weighted by Crippen LogP contribution is 2.32. The van der Waals surface area contributed by atoms with E-state index in [0.29, 0.717) is 5.69 Å². The van der Waals surface area contributed by atoms with Crippen LogP contribution in [-0.4, -0.2) is 10.2 Å². The fraction of sp³-hybridized carbons (Fsp3) is 0.600. The van der Waals surface area contributed by atoms with Crippen LogP contribution in [0.4, 0.5) is 4.39 Å². The van der Waals surface area contributed by atoms with Crippen molar-refractivity contribution in [2.45, 2.75) is 33.6 Å². The Morgan fingerprint density at radius 3 is 2.46 bits per heavy atom. The van der Waals surface area contributed by atoms with Crippen LogP contribution < -0.4 is 0 Å². The van der Waals surface area contributed by atoms with Crippen molar-refractivity contribution < 1.29 is 4.39 Å². The molecule has 1 atom stereocenters. The molecule has 0 aliphatic heterocycles. The topological polar surface area (TPSA) is 25.8 Å². The predicted octanol–water partition coefficient (Wildman–Crippen LogP) is 2.77. The summed E-state index contributed by atoms with van der Waals surface area (Å²) in [7, 11) is 0. The smallest absolute Gasteiger partial charge is 0.145 e. The van der Waals surface area contributed by atoms with E-state index >= 15 is 0 Å². The van der Waals surface area contributed by atoms with E-state index in [2.05, 4.69) is 31.0 Å². The molecule has 0 aliphatic rings. The lowest BCUT2D eigenvalue weighted by atomic mass is 9.80. The molecule has 0 amide bonds. The van der Waals surface area contributed by atoms with Gasteiger partial charge in [-0.15, -0.1) is 0 Å². The van der Waals surface area contributed by atoms with Crippen molar-refractivity contribution in [3.63, 3.8) is 0 Å². The first-order valence-electron chi connectivity index (χ1n) is 4.39. The molecule has 0 aliphatic carbocycles. The van der Waals surface area contributed by atoms with Gasteiger partial charge in [-0.25, -0.2) is 4.39 Å². The fourth-order valence-corrected chi connectivity index (χ4v) is 1.01. The van der Waals surface area contributed by atoms with Crippen molar-refractivity contribution in [2.75, 3.05) is 0 Å². The number of hydrogen-bond donors (Lipinski definition) is 0. The molecule has 72 valence electrons. The first-order valence-corrected chi connectivity index (χ1v) is 4.39. The van der Waals surface area contributed by atoms with Gasteiger partial charge in [-0.3, -0.25) is 0 Å². The number of aromatic nitrogens is 2. The third kappa shape index (κ3) is 2.47. The zero-order valence-electron chi connectivity index (χ0n) is 8.50. The first kappa shape index (κ1) is 10.1. The van der Waals surface area contributed by atoms with E-state index in [0.717, 1.165) is 6.20 Å². The zero-order chi connectivity index (χ0) is 10.1. The van der Waals surface area contributed by atoms with Crippen LogP contribution in [-0.2, 0) is 0 Å². The molecule has 0 aromatic carbocycles. The first-order chi connectivity index (χ1) is 5.91. The predicted molar refractivity (Wildman–Crippen MR) is 49.9 cm³/mol. The Bertz CT molecular complexity index is 291. The summed E-state index contributed by atoms with van der Waals surface area (Å²) in [5.41, 5.74) is 0.801. The van der Waals surface area contributed by atoms with Crippen LogP contribution in [0, 0.1) is 11.2 Å². The average molecular weight is 182 g/mol. The Morgan fingerprint density at radius 1 is 1.38 bits per heavy atom. The van der Waals surface area contributed by atoms with Gasteiger partial charge < -0.3 is 0 Å². The second-order valence-corrected chi connectivity index (χ2v) is 4.39. The summed E-state index contributed by atoms with van der Waals surface area (Å²) in [6.07, 6.45) is 1.12. The Morgan fingerprint density at radius 2 is 2.00 bits per heavy atom. The van der Waals surface area contributed by atoms with E-state index in [1.165, 1.54) is 6.07 Å². The molecule has 1 aromatic rings. The largest absolute Gasteiger partial charge is 0.205 e. The lowest BCUT2D eigenvalue weighted by Gasteiger charge is -2.26. The monoisotopic (exact) mass is 182 g/mol. The van der Waals surface area contributed by atoms with Crippen molar-refractivity contribution >= 4 is 0 Å². The van der Waals surface area contributed by atoms with Gasteiger partial charge in [0, 0.05) is 5.92 Å². The summed E-state index contributed by atoms with van der Waals surface area (Å²) in [6.45, 7) is 8.34. The maximum absolute atomic E-state index is 12.8. The Labute approximate surface area is 78.2 Å². The lowest BCUT2D eigenvalue weighted by molar-refractivity contribution is 0.331. The highest BCUT2D eigenvalue weighted by Gasteiger charge is 2.23. The number of halogens is 1. The van der Waals surface area contributed by atoms with Crippen molar-refractivity contribution in [1.82, 2.24) is 10.2 Å². The van der Waals surface area contributed by atoms with Crippen LogP contribution in [0.5, 0.6) is 0 Å². The van der Waals surface area contributed by atoms with E-state index < -0.39 is 0 Å². The second kappa shape index (κ2) is 3.40. The van der Waals surface area contributed by atoms with Gasteiger partial charge >= 0.3 is 0 Å². The Hall–Kier alpha value is -0.990. The molecule has 2 nitrogen and oxygen atoms in total. The van der Waals surface area contributed by atoms with Crippen LogP contribution in [0.15, 0.2) is 12.3 Å². The Kier molecular flexibility index (Phi) is 2.64. The van der Waals surface area contributed by atoms with Gasteiger partial charge in [-0.1, -0.05) is 27.7 Å². The minimum atomic E-state index is -0.318. The molecule has 0 saturated carbocycles. The van der Waals surface area contributed by atoms with E-state index in [4.69, 9.17) is 0 Å². The SMILES string of the molecule is CC(c1cc(F)cnn1)C(C)(C)C. The minimum Gasteiger partial charge on any atom is -0.205 e. The lowest BCUT2D eigenvalue weighted by Crippen LogP contribution is -2.17. The van der Waals surface area contributed by atoms with Gasteiger partial charge in [0.25, 0.3) is 0 Å². The minimum absolute atomic E-state index is 0.0858. The zero-order valence-corrected chi connectivity index (χ0v) is 8.50. The second-order valence-electron chi connectivity index (χ2n) is 4.39. The van der Waals surface area contributed by atoms with Gasteiger partial charge in [-0.2, -0.15) is 10.2 Å². The normalized spacial score (nSPS) is 14.2. The van der Waals surface area contributed by atoms with Crippen molar-refractivity contribution in [2.24, 2.45) is 5.41 Å². The van der Waals surface area contributed by atoms with Crippen molar-refractivity contribution in [3.05, 3.63) is 23.8 Å². The molecule has 13 heavy (non-hydrogen) atoms. The summed E-state index contributed by atoms with van der Waals surface area (Å²) in [5, 5.41) is 7.51. The maximum Gasteiger partial charge on any atom is 0.145 e. The van der Waals surface area contributed by atoms with Crippen LogP contribution in [0.25, 0.3) is 0 Å². The summed E-state index contributed by atoms with van der Waals surface area (Å²) in [5.74, 6) is -0.114. The quantitative estimate of drug-likeness (QED) is 0.667. The van der Waals surface area contributed by atoms with E-state index in [1.54, 1.807) is 0 Å². The van der Waals surface area contributed by atoms with Crippen molar-refractivity contribution in [1.29, 1.82) is 0 Å². The number of rotatable bonds is 1. The number of hydrogen-bond acceptors (Lipinski definition) is 2. The summed E-state index contributed by atoms with van der Waals surface area (Å²) < 4.78 is 12.8. The molecule has 0 N–H and O–H groups in total. The molecular weight excluding hydrogens is 167 g/mol. The van der Waals surface area contributed by atoms with Gasteiger partial charge in [0.15, 0.2) is 0 Å². The van der Waals surface area contributed by atoms with Gasteiger partial charge in [0.05, 0.1) is 11.9 Å². The summed E-state index contributed by atoms with van der Waals surface area (Å²) in [4.78, 5) is 0.